The van der Waals surface area contributed by atoms with Crippen LogP contribution in [-0.2, 0) is 5.54 Å². The van der Waals surface area contributed by atoms with E-state index in [0.29, 0.717) is 13.1 Å². The van der Waals surface area contributed by atoms with Crippen molar-refractivity contribution in [1.82, 2.24) is 10.2 Å². The van der Waals surface area contributed by atoms with E-state index in [-0.39, 0.29) is 24.0 Å². The molecule has 2 unspecified atom stereocenters. The molecule has 1 aliphatic heterocycles. The summed E-state index contributed by atoms with van der Waals surface area (Å²) in [5.74, 6) is -0.239. The van der Waals surface area contributed by atoms with Gasteiger partial charge in [-0.2, -0.15) is 0 Å². The van der Waals surface area contributed by atoms with Gasteiger partial charge in [-0.1, -0.05) is 35.9 Å². The van der Waals surface area contributed by atoms with Crippen molar-refractivity contribution in [3.05, 3.63) is 70.5 Å². The molecule has 3 nitrogen and oxygen atoms in total. The molecule has 2 aromatic carbocycles. The normalized spacial score (nSPS) is 22.7. The van der Waals surface area contributed by atoms with E-state index in [1.54, 1.807) is 0 Å². The Morgan fingerprint density at radius 1 is 1.20 bits per heavy atom. The van der Waals surface area contributed by atoms with Gasteiger partial charge in [0.25, 0.3) is 0 Å². The first kappa shape index (κ1) is 18.3. The van der Waals surface area contributed by atoms with Crippen LogP contribution >= 0.6 is 11.6 Å². The lowest BCUT2D eigenvalue weighted by molar-refractivity contribution is 0.0733. The fourth-order valence-electron chi connectivity index (χ4n) is 3.60. The lowest BCUT2D eigenvalue weighted by Crippen LogP contribution is -2.55. The number of hydrogen-bond acceptors (Lipinski definition) is 3. The van der Waals surface area contributed by atoms with Crippen molar-refractivity contribution in [2.45, 2.75) is 31.3 Å². The van der Waals surface area contributed by atoms with Crippen molar-refractivity contribution in [2.75, 3.05) is 19.8 Å². The van der Waals surface area contributed by atoms with Crippen LogP contribution in [0.25, 0.3) is 0 Å². The second kappa shape index (κ2) is 7.83. The Morgan fingerprint density at radius 2 is 1.88 bits per heavy atom. The molecule has 3 rings (SSSR count). The smallest absolute Gasteiger partial charge is 0.123 e. The van der Waals surface area contributed by atoms with Crippen LogP contribution < -0.4 is 5.32 Å². The summed E-state index contributed by atoms with van der Waals surface area (Å²) in [6.45, 7) is 3.88. The number of aliphatic hydroxyl groups is 1. The van der Waals surface area contributed by atoms with Crippen LogP contribution in [0, 0.1) is 5.82 Å². The molecule has 0 radical (unpaired) electrons. The summed E-state index contributed by atoms with van der Waals surface area (Å²) in [7, 11) is 0. The third-order valence-corrected chi connectivity index (χ3v) is 5.53. The standard InChI is InChI=1S/C20H24ClFN2O/c1-15(16-2-6-18(21)7-3-16)24-12-10-20(11-13-25,23-14-24)17-4-8-19(22)9-5-17/h2-9,15,23,25H,10-14H2,1H3. The molecule has 0 spiro atoms. The molecule has 0 amide bonds. The molecular formula is C20H24ClFN2O. The molecule has 25 heavy (non-hydrogen) atoms. The van der Waals surface area contributed by atoms with Gasteiger partial charge in [0.05, 0.1) is 0 Å². The molecule has 5 heteroatoms. The molecule has 2 N–H and O–H groups in total. The van der Waals surface area contributed by atoms with Gasteiger partial charge in [0.15, 0.2) is 0 Å². The Morgan fingerprint density at radius 3 is 2.44 bits per heavy atom. The van der Waals surface area contributed by atoms with Gasteiger partial charge in [0.1, 0.15) is 5.82 Å². The Balaban J connectivity index is 1.73. The van der Waals surface area contributed by atoms with Crippen LogP contribution in [-0.4, -0.2) is 29.8 Å². The van der Waals surface area contributed by atoms with Crippen molar-refractivity contribution >= 4 is 11.6 Å². The molecule has 134 valence electrons. The maximum atomic E-state index is 13.3. The van der Waals surface area contributed by atoms with E-state index in [9.17, 15) is 9.50 Å². The number of rotatable bonds is 5. The van der Waals surface area contributed by atoms with Gasteiger partial charge in [-0.15, -0.1) is 0 Å². The van der Waals surface area contributed by atoms with Crippen LogP contribution in [0.2, 0.25) is 5.02 Å². The second-order valence-corrected chi connectivity index (χ2v) is 7.12. The van der Waals surface area contributed by atoms with Crippen molar-refractivity contribution in [2.24, 2.45) is 0 Å². The maximum absolute atomic E-state index is 13.3. The highest BCUT2D eigenvalue weighted by Crippen LogP contribution is 2.34. The lowest BCUT2D eigenvalue weighted by atomic mass is 9.82. The summed E-state index contributed by atoms with van der Waals surface area (Å²) in [4.78, 5) is 2.36. The minimum atomic E-state index is -0.307. The molecule has 0 aromatic heterocycles. The van der Waals surface area contributed by atoms with Gasteiger partial charge in [-0.3, -0.25) is 10.2 Å². The average molecular weight is 363 g/mol. The Kier molecular flexibility index (Phi) is 5.74. The third-order valence-electron chi connectivity index (χ3n) is 5.28. The fraction of sp³-hybridized carbons (Fsp3) is 0.400. The van der Waals surface area contributed by atoms with E-state index in [1.807, 2.05) is 24.3 Å². The molecule has 2 aromatic rings. The van der Waals surface area contributed by atoms with E-state index in [4.69, 9.17) is 11.6 Å². The largest absolute Gasteiger partial charge is 0.396 e. The molecular weight excluding hydrogens is 339 g/mol. The Hall–Kier alpha value is -1.46. The average Bonchev–Trinajstić information content (AvgIpc) is 2.63. The number of hydrogen-bond donors (Lipinski definition) is 2. The predicted octanol–water partition coefficient (Wildman–Crippen LogP) is 4.07. The zero-order chi connectivity index (χ0) is 17.9. The molecule has 2 atom stereocenters. The molecule has 0 bridgehead atoms. The second-order valence-electron chi connectivity index (χ2n) is 6.69. The first-order valence-electron chi connectivity index (χ1n) is 8.65. The first-order chi connectivity index (χ1) is 12.0. The summed E-state index contributed by atoms with van der Waals surface area (Å²) >= 11 is 5.98. The summed E-state index contributed by atoms with van der Waals surface area (Å²) in [6.07, 6.45) is 1.47. The van der Waals surface area contributed by atoms with E-state index >= 15 is 0 Å². The van der Waals surface area contributed by atoms with Gasteiger partial charge in [0.2, 0.25) is 0 Å². The Bertz CT molecular complexity index is 682. The minimum Gasteiger partial charge on any atom is -0.396 e. The summed E-state index contributed by atoms with van der Waals surface area (Å²) in [6, 6.07) is 14.8. The molecule has 1 aliphatic rings. The van der Waals surface area contributed by atoms with E-state index in [0.717, 1.165) is 23.6 Å². The van der Waals surface area contributed by atoms with Crippen molar-refractivity contribution in [1.29, 1.82) is 0 Å². The summed E-state index contributed by atoms with van der Waals surface area (Å²) < 4.78 is 13.3. The van der Waals surface area contributed by atoms with Gasteiger partial charge in [0, 0.05) is 36.4 Å². The quantitative estimate of drug-likeness (QED) is 0.841. The predicted molar refractivity (Wildman–Crippen MR) is 99.0 cm³/mol. The van der Waals surface area contributed by atoms with Gasteiger partial charge >= 0.3 is 0 Å². The summed E-state index contributed by atoms with van der Waals surface area (Å²) in [5, 5.41) is 13.9. The van der Waals surface area contributed by atoms with Crippen LogP contribution in [0.5, 0.6) is 0 Å². The molecule has 0 saturated carbocycles. The third kappa shape index (κ3) is 4.04. The Labute approximate surface area is 153 Å². The van der Waals surface area contributed by atoms with Gasteiger partial charge in [-0.25, -0.2) is 4.39 Å². The van der Waals surface area contributed by atoms with Gasteiger partial charge < -0.3 is 5.11 Å². The lowest BCUT2D eigenvalue weighted by Gasteiger charge is -2.45. The minimum absolute atomic E-state index is 0.0944. The van der Waals surface area contributed by atoms with Crippen molar-refractivity contribution in [3.63, 3.8) is 0 Å². The summed E-state index contributed by atoms with van der Waals surface area (Å²) in [5.41, 5.74) is 1.95. The maximum Gasteiger partial charge on any atom is 0.123 e. The zero-order valence-corrected chi connectivity index (χ0v) is 15.1. The highest BCUT2D eigenvalue weighted by molar-refractivity contribution is 6.30. The monoisotopic (exact) mass is 362 g/mol. The van der Waals surface area contributed by atoms with Crippen molar-refractivity contribution < 1.29 is 9.50 Å². The fourth-order valence-corrected chi connectivity index (χ4v) is 3.73. The highest BCUT2D eigenvalue weighted by Gasteiger charge is 2.36. The topological polar surface area (TPSA) is 35.5 Å². The zero-order valence-electron chi connectivity index (χ0n) is 14.4. The molecule has 1 saturated heterocycles. The SMILES string of the molecule is CC(c1ccc(Cl)cc1)N1CCC(CCO)(c2ccc(F)cc2)NC1. The first-order valence-corrected chi connectivity index (χ1v) is 9.03. The van der Waals surface area contributed by atoms with Crippen LogP contribution in [0.1, 0.15) is 36.9 Å². The number of nitrogens with one attached hydrogen (secondary N) is 1. The molecule has 1 fully saturated rings. The van der Waals surface area contributed by atoms with E-state index in [2.05, 4.69) is 29.3 Å². The highest BCUT2D eigenvalue weighted by atomic mass is 35.5. The van der Waals surface area contributed by atoms with Crippen LogP contribution in [0.15, 0.2) is 48.5 Å². The van der Waals surface area contributed by atoms with Gasteiger partial charge in [-0.05, 0) is 55.2 Å². The number of nitrogens with zero attached hydrogens (tertiary/aromatic N) is 1. The van der Waals surface area contributed by atoms with E-state index in [1.165, 1.54) is 17.7 Å². The number of aliphatic hydroxyl groups excluding tert-OH is 1. The number of halogens is 2. The molecule has 0 aliphatic carbocycles. The van der Waals surface area contributed by atoms with E-state index < -0.39 is 0 Å². The number of benzene rings is 2. The van der Waals surface area contributed by atoms with Crippen molar-refractivity contribution in [3.8, 4) is 0 Å². The van der Waals surface area contributed by atoms with Crippen LogP contribution in [0.3, 0.4) is 0 Å². The molecule has 1 heterocycles. The van der Waals surface area contributed by atoms with Crippen LogP contribution in [0.4, 0.5) is 4.39 Å².